The Hall–Kier alpha value is -2.41. The summed E-state index contributed by atoms with van der Waals surface area (Å²) in [4.78, 5) is 27.2. The van der Waals surface area contributed by atoms with Crippen molar-refractivity contribution in [1.82, 2.24) is 10.3 Å². The number of carboxylic acid groups (broad SMARTS) is 1. The number of carboxylic acids is 1. The van der Waals surface area contributed by atoms with Crippen LogP contribution in [-0.4, -0.2) is 28.0 Å². The van der Waals surface area contributed by atoms with Crippen LogP contribution in [0.2, 0.25) is 0 Å². The van der Waals surface area contributed by atoms with E-state index in [1.165, 1.54) is 18.3 Å². The molecule has 0 radical (unpaired) electrons. The molecule has 0 aliphatic carbocycles. The summed E-state index contributed by atoms with van der Waals surface area (Å²) in [6, 6.07) is 5.73. The number of para-hydroxylation sites is 1. The van der Waals surface area contributed by atoms with Gasteiger partial charge in [0.15, 0.2) is 0 Å². The van der Waals surface area contributed by atoms with Gasteiger partial charge in [-0.3, -0.25) is 9.59 Å². The number of nitrogens with one attached hydrogen (secondary N) is 1. The molecule has 7 heteroatoms. The molecule has 0 saturated heterocycles. The number of aromatic nitrogens is 1. The van der Waals surface area contributed by atoms with Crippen LogP contribution in [0.15, 0.2) is 29.6 Å². The average Bonchev–Trinajstić information content (AvgIpc) is 2.90. The number of nitrogens with zero attached hydrogens (tertiary/aromatic N) is 1. The molecule has 1 amide bonds. The number of hydrogen-bond donors (Lipinski definition) is 2. The van der Waals surface area contributed by atoms with Crippen molar-refractivity contribution in [2.24, 2.45) is 0 Å². The molecule has 1 heterocycles. The van der Waals surface area contributed by atoms with E-state index in [1.807, 2.05) is 12.3 Å². The van der Waals surface area contributed by atoms with Crippen molar-refractivity contribution in [1.29, 1.82) is 0 Å². The third kappa shape index (κ3) is 4.05. The first-order valence-corrected chi connectivity index (χ1v) is 7.52. The van der Waals surface area contributed by atoms with Crippen LogP contribution in [0.25, 0.3) is 0 Å². The van der Waals surface area contributed by atoms with Gasteiger partial charge in [0.05, 0.1) is 16.3 Å². The van der Waals surface area contributed by atoms with Crippen LogP contribution in [0.3, 0.4) is 0 Å². The number of hydrogen-bond acceptors (Lipinski definition) is 5. The largest absolute Gasteiger partial charge is 0.486 e. The summed E-state index contributed by atoms with van der Waals surface area (Å²) in [6.07, 6.45) is 0. The van der Waals surface area contributed by atoms with Crippen LogP contribution in [0.4, 0.5) is 0 Å². The summed E-state index contributed by atoms with van der Waals surface area (Å²) in [5.74, 6) is -1.19. The van der Waals surface area contributed by atoms with Gasteiger partial charge in [0, 0.05) is 5.38 Å². The highest BCUT2D eigenvalue weighted by molar-refractivity contribution is 7.09. The van der Waals surface area contributed by atoms with Crippen LogP contribution in [0.5, 0.6) is 5.75 Å². The Morgan fingerprint density at radius 2 is 2.14 bits per heavy atom. The lowest BCUT2D eigenvalue weighted by atomic mass is 10.1. The average molecular weight is 320 g/mol. The maximum Gasteiger partial charge on any atom is 0.325 e. The van der Waals surface area contributed by atoms with Gasteiger partial charge in [0.1, 0.15) is 18.4 Å². The molecule has 0 bridgehead atoms. The van der Waals surface area contributed by atoms with E-state index in [2.05, 4.69) is 10.3 Å². The molecular weight excluding hydrogens is 304 g/mol. The molecule has 0 aliphatic heterocycles. The highest BCUT2D eigenvalue weighted by atomic mass is 32.1. The number of aliphatic carboxylic acids is 1. The summed E-state index contributed by atoms with van der Waals surface area (Å²) in [5, 5.41) is 14.1. The summed E-state index contributed by atoms with van der Waals surface area (Å²) >= 11 is 1.53. The molecule has 1 unspecified atom stereocenters. The lowest BCUT2D eigenvalue weighted by Gasteiger charge is -2.13. The van der Waals surface area contributed by atoms with Gasteiger partial charge >= 0.3 is 5.97 Å². The third-order valence-corrected chi connectivity index (χ3v) is 3.71. The Bertz CT molecular complexity index is 684. The zero-order valence-electron chi connectivity index (χ0n) is 12.2. The second-order valence-electron chi connectivity index (χ2n) is 4.68. The first-order chi connectivity index (χ1) is 10.5. The highest BCUT2D eigenvalue weighted by Crippen LogP contribution is 2.20. The number of carbonyl (C=O) groups excluding carboxylic acids is 1. The Balaban J connectivity index is 2.09. The minimum atomic E-state index is -1.09. The van der Waals surface area contributed by atoms with E-state index in [-0.39, 0.29) is 6.61 Å². The number of thiazole rings is 1. The third-order valence-electron chi connectivity index (χ3n) is 2.89. The monoisotopic (exact) mass is 320 g/mol. The number of benzene rings is 1. The van der Waals surface area contributed by atoms with E-state index in [0.717, 1.165) is 10.7 Å². The van der Waals surface area contributed by atoms with Crippen LogP contribution in [0, 0.1) is 6.92 Å². The fraction of sp³-hybridized carbons (Fsp3) is 0.267. The predicted molar refractivity (Wildman–Crippen MR) is 82.2 cm³/mol. The van der Waals surface area contributed by atoms with Crippen molar-refractivity contribution in [2.45, 2.75) is 26.5 Å². The molecule has 2 rings (SSSR count). The van der Waals surface area contributed by atoms with E-state index in [1.54, 1.807) is 24.3 Å². The number of amides is 1. The molecule has 0 aliphatic rings. The Morgan fingerprint density at radius 3 is 2.77 bits per heavy atom. The lowest BCUT2D eigenvalue weighted by Crippen LogP contribution is -2.38. The molecule has 22 heavy (non-hydrogen) atoms. The molecule has 6 nitrogen and oxygen atoms in total. The normalized spacial score (nSPS) is 11.7. The van der Waals surface area contributed by atoms with E-state index in [4.69, 9.17) is 9.84 Å². The van der Waals surface area contributed by atoms with Crippen molar-refractivity contribution < 1.29 is 19.4 Å². The van der Waals surface area contributed by atoms with Gasteiger partial charge in [-0.1, -0.05) is 12.1 Å². The predicted octanol–water partition coefficient (Wildman–Crippen LogP) is 2.23. The first kappa shape index (κ1) is 16.0. The molecule has 0 fully saturated rings. The molecule has 1 aromatic carbocycles. The second-order valence-corrected chi connectivity index (χ2v) is 5.74. The van der Waals surface area contributed by atoms with Crippen molar-refractivity contribution >= 4 is 23.2 Å². The summed E-state index contributed by atoms with van der Waals surface area (Å²) < 4.78 is 5.64. The molecule has 0 spiro atoms. The number of ether oxygens (including phenoxy) is 1. The van der Waals surface area contributed by atoms with E-state index >= 15 is 0 Å². The summed E-state index contributed by atoms with van der Waals surface area (Å²) in [7, 11) is 0. The first-order valence-electron chi connectivity index (χ1n) is 6.64. The minimum absolute atomic E-state index is 0.253. The van der Waals surface area contributed by atoms with Crippen LogP contribution < -0.4 is 10.1 Å². The minimum Gasteiger partial charge on any atom is -0.486 e. The van der Waals surface area contributed by atoms with E-state index < -0.39 is 17.9 Å². The molecule has 2 N–H and O–H groups in total. The van der Waals surface area contributed by atoms with Gasteiger partial charge in [-0.15, -0.1) is 11.3 Å². The van der Waals surface area contributed by atoms with E-state index in [0.29, 0.717) is 11.3 Å². The Morgan fingerprint density at radius 1 is 1.41 bits per heavy atom. The lowest BCUT2D eigenvalue weighted by molar-refractivity contribution is -0.138. The number of carbonyl (C=O) groups is 2. The van der Waals surface area contributed by atoms with Crippen molar-refractivity contribution in [3.63, 3.8) is 0 Å². The maximum atomic E-state index is 12.1. The van der Waals surface area contributed by atoms with Crippen molar-refractivity contribution in [3.05, 3.63) is 45.9 Å². The Kier molecular flexibility index (Phi) is 5.11. The molecule has 116 valence electrons. The van der Waals surface area contributed by atoms with Crippen molar-refractivity contribution in [2.75, 3.05) is 0 Å². The van der Waals surface area contributed by atoms with Crippen LogP contribution in [0.1, 0.15) is 28.0 Å². The second kappa shape index (κ2) is 7.04. The number of rotatable bonds is 6. The summed E-state index contributed by atoms with van der Waals surface area (Å²) in [5.41, 5.74) is 1.08. The zero-order chi connectivity index (χ0) is 16.1. The smallest absolute Gasteiger partial charge is 0.325 e. The molecular formula is C15H16N2O4S. The Labute approximate surface area is 131 Å². The topological polar surface area (TPSA) is 88.5 Å². The fourth-order valence-corrected chi connectivity index (χ4v) is 2.34. The molecule has 0 saturated carbocycles. The van der Waals surface area contributed by atoms with Gasteiger partial charge in [-0.25, -0.2) is 4.98 Å². The standard InChI is InChI=1S/C15H16N2O4S/c1-9(15(19)20)16-14(18)12-5-3-4-6-13(12)21-7-11-8-22-10(2)17-11/h3-6,8-9H,7H2,1-2H3,(H,16,18)(H,19,20). The van der Waals surface area contributed by atoms with E-state index in [9.17, 15) is 9.59 Å². The van der Waals surface area contributed by atoms with Gasteiger partial charge in [0.25, 0.3) is 5.91 Å². The van der Waals surface area contributed by atoms with Gasteiger partial charge in [-0.05, 0) is 26.0 Å². The summed E-state index contributed by atoms with van der Waals surface area (Å²) in [6.45, 7) is 3.56. The van der Waals surface area contributed by atoms with Gasteiger partial charge in [-0.2, -0.15) is 0 Å². The quantitative estimate of drug-likeness (QED) is 0.852. The van der Waals surface area contributed by atoms with Gasteiger partial charge in [0.2, 0.25) is 0 Å². The number of aryl methyl sites for hydroxylation is 1. The van der Waals surface area contributed by atoms with Crippen LogP contribution >= 0.6 is 11.3 Å². The zero-order valence-corrected chi connectivity index (χ0v) is 13.0. The van der Waals surface area contributed by atoms with Crippen LogP contribution in [-0.2, 0) is 11.4 Å². The molecule has 1 aromatic heterocycles. The van der Waals surface area contributed by atoms with Gasteiger partial charge < -0.3 is 15.2 Å². The fourth-order valence-electron chi connectivity index (χ4n) is 1.74. The maximum absolute atomic E-state index is 12.1. The molecule has 1 atom stereocenters. The molecule has 2 aromatic rings. The SMILES string of the molecule is Cc1nc(COc2ccccc2C(=O)NC(C)C(=O)O)cs1. The van der Waals surface area contributed by atoms with Crippen molar-refractivity contribution in [3.8, 4) is 5.75 Å². The highest BCUT2D eigenvalue weighted by Gasteiger charge is 2.18.